The molecule has 163 valence electrons. The molecule has 2 atom stereocenters. The van der Waals surface area contributed by atoms with Gasteiger partial charge in [-0.05, 0) is 84.0 Å². The maximum atomic E-state index is 12.3. The summed E-state index contributed by atoms with van der Waals surface area (Å²) in [5, 5.41) is 10.3. The highest BCUT2D eigenvalue weighted by Gasteiger charge is 2.34. The Bertz CT molecular complexity index is 607. The van der Waals surface area contributed by atoms with E-state index in [4.69, 9.17) is 14.4 Å². The van der Waals surface area contributed by atoms with Gasteiger partial charge in [-0.1, -0.05) is 19.9 Å². The number of hydrogen-bond acceptors (Lipinski definition) is 5. The van der Waals surface area contributed by atoms with E-state index in [-0.39, 0.29) is 30.0 Å². The Morgan fingerprint density at radius 1 is 1.17 bits per heavy atom. The Kier molecular flexibility index (Phi) is 8.14. The molecule has 2 aliphatic rings. The van der Waals surface area contributed by atoms with Crippen LogP contribution in [0.15, 0.2) is 16.5 Å². The van der Waals surface area contributed by atoms with Crippen LogP contribution in [0.2, 0.25) is 0 Å². The van der Waals surface area contributed by atoms with Crippen molar-refractivity contribution in [2.24, 2.45) is 22.7 Å². The third-order valence-electron chi connectivity index (χ3n) is 5.72. The summed E-state index contributed by atoms with van der Waals surface area (Å²) in [6, 6.07) is 0.280. The largest absolute Gasteiger partial charge is 0.460 e. The van der Waals surface area contributed by atoms with Crippen LogP contribution < -0.4 is 0 Å². The molecular formula is C23H39BNO4. The lowest BCUT2D eigenvalue weighted by molar-refractivity contribution is -0.161. The van der Waals surface area contributed by atoms with Crippen molar-refractivity contribution in [1.82, 2.24) is 0 Å². The molecule has 1 heterocycles. The molecular weight excluding hydrogens is 365 g/mol. The molecule has 1 aliphatic carbocycles. The number of rotatable bonds is 7. The molecule has 1 saturated carbocycles. The molecule has 1 N–H and O–H groups in total. The Labute approximate surface area is 177 Å². The van der Waals surface area contributed by atoms with E-state index in [0.29, 0.717) is 5.92 Å². The Morgan fingerprint density at radius 3 is 2.24 bits per heavy atom. The second kappa shape index (κ2) is 9.78. The predicted octanol–water partition coefficient (Wildman–Crippen LogP) is 4.29. The van der Waals surface area contributed by atoms with E-state index in [9.17, 15) is 9.90 Å². The van der Waals surface area contributed by atoms with Crippen LogP contribution in [0.4, 0.5) is 0 Å². The van der Waals surface area contributed by atoms with Crippen LogP contribution >= 0.6 is 0 Å². The van der Waals surface area contributed by atoms with Gasteiger partial charge < -0.3 is 14.5 Å². The summed E-state index contributed by atoms with van der Waals surface area (Å²) in [5.74, 6) is 0.702. The fourth-order valence-electron chi connectivity index (χ4n) is 4.36. The third-order valence-corrected chi connectivity index (χ3v) is 5.72. The van der Waals surface area contributed by atoms with E-state index in [0.717, 1.165) is 37.6 Å². The molecule has 0 saturated heterocycles. The number of nitrogens with zero attached hydrogens (tertiary/aromatic N) is 1. The number of carbonyl (C=O) groups excluding carboxylic acids is 1. The van der Waals surface area contributed by atoms with Crippen LogP contribution in [0, 0.1) is 17.8 Å². The van der Waals surface area contributed by atoms with Gasteiger partial charge in [0.15, 0.2) is 0 Å². The molecule has 0 amide bonds. The molecule has 2 rings (SSSR count). The van der Waals surface area contributed by atoms with Crippen LogP contribution in [-0.4, -0.2) is 48.1 Å². The Balaban J connectivity index is 1.79. The number of aliphatic imine (C=N–C) groups is 1. The minimum atomic E-state index is -0.896. The Hall–Kier alpha value is -1.14. The van der Waals surface area contributed by atoms with E-state index in [2.05, 4.69) is 6.08 Å². The first kappa shape index (κ1) is 24.1. The van der Waals surface area contributed by atoms with Crippen LogP contribution in [-0.2, 0) is 14.2 Å². The van der Waals surface area contributed by atoms with Gasteiger partial charge in [0.25, 0.3) is 0 Å². The highest BCUT2D eigenvalue weighted by Crippen LogP contribution is 2.35. The number of dihydropyridines is 1. The number of carbonyl (C=O) groups is 1. The molecule has 0 bridgehead atoms. The van der Waals surface area contributed by atoms with Crippen LogP contribution in [0.3, 0.4) is 0 Å². The summed E-state index contributed by atoms with van der Waals surface area (Å²) in [4.78, 5) is 17.1. The van der Waals surface area contributed by atoms with Gasteiger partial charge in [0.05, 0.1) is 23.7 Å². The molecule has 1 aliphatic heterocycles. The second-order valence-corrected chi connectivity index (χ2v) is 10.5. The van der Waals surface area contributed by atoms with Gasteiger partial charge in [-0.25, -0.2) is 0 Å². The maximum absolute atomic E-state index is 12.3. The van der Waals surface area contributed by atoms with Gasteiger partial charge in [0.2, 0.25) is 0 Å². The highest BCUT2D eigenvalue weighted by atomic mass is 16.6. The predicted molar refractivity (Wildman–Crippen MR) is 118 cm³/mol. The quantitative estimate of drug-likeness (QED) is 0.508. The monoisotopic (exact) mass is 404 g/mol. The summed E-state index contributed by atoms with van der Waals surface area (Å²) < 4.78 is 11.4. The van der Waals surface area contributed by atoms with Crippen molar-refractivity contribution in [1.29, 1.82) is 0 Å². The normalized spacial score (nSPS) is 26.8. The SMILES string of the molecule is CC(C)C(O[B]C1=CCC(C2CCC(C(=O)OC(C)(C)C)CC2)N=C1)C(C)(C)O. The molecule has 0 aromatic carbocycles. The zero-order chi connectivity index (χ0) is 21.8. The highest BCUT2D eigenvalue weighted by molar-refractivity contribution is 6.46. The summed E-state index contributed by atoms with van der Waals surface area (Å²) in [5.41, 5.74) is -0.355. The summed E-state index contributed by atoms with van der Waals surface area (Å²) in [6.45, 7) is 13.4. The summed E-state index contributed by atoms with van der Waals surface area (Å²) in [6.07, 6.45) is 8.49. The van der Waals surface area contributed by atoms with Crippen molar-refractivity contribution in [2.75, 3.05) is 0 Å². The van der Waals surface area contributed by atoms with Crippen molar-refractivity contribution in [2.45, 2.75) is 104 Å². The standard InChI is InChI=1S/C23H39BNO4/c1-15(2)20(23(6,7)27)29-24-18-12-13-19(25-14-18)16-8-10-17(11-9-16)21(26)28-22(3,4)5/h12,14-17,19-20,27H,8-11,13H2,1-7H3. The van der Waals surface area contributed by atoms with Gasteiger partial charge >= 0.3 is 13.5 Å². The van der Waals surface area contributed by atoms with Gasteiger partial charge in [0, 0.05) is 6.21 Å². The minimum Gasteiger partial charge on any atom is -0.460 e. The zero-order valence-corrected chi connectivity index (χ0v) is 19.3. The topological polar surface area (TPSA) is 68.1 Å². The van der Waals surface area contributed by atoms with Crippen molar-refractivity contribution < 1.29 is 19.3 Å². The smallest absolute Gasteiger partial charge is 0.331 e. The molecule has 0 aromatic rings. The number of hydrogen-bond donors (Lipinski definition) is 1. The zero-order valence-electron chi connectivity index (χ0n) is 19.3. The first-order valence-corrected chi connectivity index (χ1v) is 11.0. The number of allylic oxidation sites excluding steroid dienone is 1. The second-order valence-electron chi connectivity index (χ2n) is 10.5. The fourth-order valence-corrected chi connectivity index (χ4v) is 4.36. The first-order chi connectivity index (χ1) is 13.4. The number of ether oxygens (including phenoxy) is 1. The third kappa shape index (κ3) is 7.56. The molecule has 29 heavy (non-hydrogen) atoms. The van der Waals surface area contributed by atoms with Gasteiger partial charge in [-0.2, -0.15) is 0 Å². The molecule has 2 unspecified atom stereocenters. The van der Waals surface area contributed by atoms with Crippen molar-refractivity contribution in [3.05, 3.63) is 11.5 Å². The lowest BCUT2D eigenvalue weighted by Crippen LogP contribution is -2.43. The van der Waals surface area contributed by atoms with Crippen LogP contribution in [0.5, 0.6) is 0 Å². The van der Waals surface area contributed by atoms with E-state index < -0.39 is 11.2 Å². The van der Waals surface area contributed by atoms with Gasteiger partial charge in [-0.15, -0.1) is 0 Å². The van der Waals surface area contributed by atoms with Crippen LogP contribution in [0.1, 0.15) is 80.6 Å². The van der Waals surface area contributed by atoms with Gasteiger partial charge in [0.1, 0.15) is 5.60 Å². The van der Waals surface area contributed by atoms with Crippen LogP contribution in [0.25, 0.3) is 0 Å². The molecule has 0 spiro atoms. The van der Waals surface area contributed by atoms with E-state index in [1.807, 2.05) is 40.8 Å². The van der Waals surface area contributed by atoms with Crippen molar-refractivity contribution in [3.63, 3.8) is 0 Å². The van der Waals surface area contributed by atoms with E-state index >= 15 is 0 Å². The Morgan fingerprint density at radius 2 is 1.79 bits per heavy atom. The average molecular weight is 404 g/mol. The van der Waals surface area contributed by atoms with Crippen molar-refractivity contribution in [3.8, 4) is 0 Å². The summed E-state index contributed by atoms with van der Waals surface area (Å²) in [7, 11) is 1.72. The molecule has 6 heteroatoms. The van der Waals surface area contributed by atoms with E-state index in [1.165, 1.54) is 0 Å². The van der Waals surface area contributed by atoms with Gasteiger partial charge in [-0.3, -0.25) is 9.79 Å². The lowest BCUT2D eigenvalue weighted by atomic mass is 9.76. The summed E-state index contributed by atoms with van der Waals surface area (Å²) >= 11 is 0. The minimum absolute atomic E-state index is 0.0284. The van der Waals surface area contributed by atoms with Crippen molar-refractivity contribution >= 4 is 19.7 Å². The number of aliphatic hydroxyl groups is 1. The first-order valence-electron chi connectivity index (χ1n) is 11.0. The lowest BCUT2D eigenvalue weighted by Gasteiger charge is -2.34. The van der Waals surface area contributed by atoms with E-state index in [1.54, 1.807) is 21.3 Å². The molecule has 1 fully saturated rings. The maximum Gasteiger partial charge on any atom is 0.331 e. The fraction of sp³-hybridized carbons (Fsp3) is 0.826. The molecule has 5 nitrogen and oxygen atoms in total. The molecule has 0 aromatic heterocycles. The average Bonchev–Trinajstić information content (AvgIpc) is 2.59. The molecule has 1 radical (unpaired) electrons. The number of esters is 1.